The van der Waals surface area contributed by atoms with Gasteiger partial charge in [0.05, 0.1) is 5.69 Å². The Bertz CT molecular complexity index is 2720. The molecule has 8 aromatic rings. The first-order valence-corrected chi connectivity index (χ1v) is 19.9. The lowest BCUT2D eigenvalue weighted by atomic mass is 9.33. The number of anilines is 3. The molecule has 0 amide bonds. The molecule has 8 aromatic carbocycles. The second kappa shape index (κ2) is 13.1. The quantitative estimate of drug-likeness (QED) is 0.160. The maximum atomic E-state index is 2.58. The predicted octanol–water partition coefficient (Wildman–Crippen LogP) is 12.2. The Labute approximate surface area is 332 Å². The number of para-hydroxylation sites is 2. The van der Waals surface area contributed by atoms with Crippen LogP contribution in [0.3, 0.4) is 0 Å². The van der Waals surface area contributed by atoms with Crippen LogP contribution in [0.4, 0.5) is 17.1 Å². The van der Waals surface area contributed by atoms with E-state index in [1.54, 1.807) is 0 Å². The summed E-state index contributed by atoms with van der Waals surface area (Å²) >= 11 is 0. The molecule has 0 saturated carbocycles. The number of fused-ring (bicyclic) bond motifs is 4. The van der Waals surface area contributed by atoms with Gasteiger partial charge >= 0.3 is 0 Å². The fraction of sp³-hybridized carbons (Fsp3) is 0.111. The van der Waals surface area contributed by atoms with E-state index < -0.39 is 0 Å². The molecule has 10 rings (SSSR count). The third-order valence-electron chi connectivity index (χ3n) is 12.4. The van der Waals surface area contributed by atoms with Crippen LogP contribution in [-0.2, 0) is 5.41 Å². The van der Waals surface area contributed by atoms with Gasteiger partial charge in [-0.05, 0) is 123 Å². The van der Waals surface area contributed by atoms with Gasteiger partial charge < -0.3 is 4.90 Å². The van der Waals surface area contributed by atoms with Gasteiger partial charge in [-0.1, -0.05) is 177 Å². The lowest BCUT2D eigenvalue weighted by Gasteiger charge is -2.47. The molecule has 56 heavy (non-hydrogen) atoms. The molecule has 0 spiro atoms. The van der Waals surface area contributed by atoms with E-state index in [1.165, 1.54) is 106 Å². The van der Waals surface area contributed by atoms with Crippen LogP contribution in [0.1, 0.15) is 41.7 Å². The average molecular weight is 718 g/mol. The molecule has 0 fully saturated rings. The summed E-state index contributed by atoms with van der Waals surface area (Å²) < 4.78 is 0. The van der Waals surface area contributed by atoms with Crippen LogP contribution in [0, 0.1) is 20.8 Å². The highest BCUT2D eigenvalue weighted by Gasteiger charge is 2.45. The SMILES string of the molecule is Cc1cc(C)c(-c2ccc3c(c2)B(c2c(-c4ccccc4)cc(-c4ccccc4)cc2-c2ccccc2)c2cccc4c2N3c2ccccc2C4(C)C)c(C)c1. The summed E-state index contributed by atoms with van der Waals surface area (Å²) in [5.74, 6) is 0. The van der Waals surface area contributed by atoms with E-state index in [-0.39, 0.29) is 12.1 Å². The maximum absolute atomic E-state index is 2.58. The molecule has 0 aromatic heterocycles. The van der Waals surface area contributed by atoms with Gasteiger partial charge in [-0.25, -0.2) is 0 Å². The molecule has 0 saturated heterocycles. The molecule has 0 unspecified atom stereocenters. The minimum atomic E-state index is -0.182. The Morgan fingerprint density at radius 3 is 1.61 bits per heavy atom. The molecule has 2 heterocycles. The molecule has 2 heteroatoms. The molecule has 2 aliphatic rings. The van der Waals surface area contributed by atoms with Crippen molar-refractivity contribution in [3.8, 4) is 44.5 Å². The van der Waals surface area contributed by atoms with Gasteiger partial charge in [-0.15, -0.1) is 0 Å². The van der Waals surface area contributed by atoms with Crippen molar-refractivity contribution in [1.82, 2.24) is 0 Å². The minimum Gasteiger partial charge on any atom is -0.311 e. The maximum Gasteiger partial charge on any atom is 0.248 e. The minimum absolute atomic E-state index is 0.0569. The van der Waals surface area contributed by atoms with Crippen molar-refractivity contribution in [1.29, 1.82) is 0 Å². The van der Waals surface area contributed by atoms with E-state index in [1.807, 2.05) is 0 Å². The molecular formula is C54H44BN. The number of aryl methyl sites for hydroxylation is 3. The molecule has 1 nitrogen and oxygen atoms in total. The predicted molar refractivity (Wildman–Crippen MR) is 240 cm³/mol. The fourth-order valence-electron chi connectivity index (χ4n) is 9.99. The smallest absolute Gasteiger partial charge is 0.248 e. The summed E-state index contributed by atoms with van der Waals surface area (Å²) in [6.07, 6.45) is 0. The van der Waals surface area contributed by atoms with Crippen LogP contribution in [0.2, 0.25) is 0 Å². The van der Waals surface area contributed by atoms with E-state index in [4.69, 9.17) is 0 Å². The number of hydrogen-bond acceptors (Lipinski definition) is 1. The fourth-order valence-corrected chi connectivity index (χ4v) is 9.99. The largest absolute Gasteiger partial charge is 0.311 e. The first-order valence-electron chi connectivity index (χ1n) is 19.9. The van der Waals surface area contributed by atoms with Gasteiger partial charge in [-0.3, -0.25) is 0 Å². The number of benzene rings is 8. The average Bonchev–Trinajstić information content (AvgIpc) is 3.22. The summed E-state index contributed by atoms with van der Waals surface area (Å²) in [5, 5.41) is 0. The van der Waals surface area contributed by atoms with Crippen molar-refractivity contribution < 1.29 is 0 Å². The van der Waals surface area contributed by atoms with Crippen LogP contribution in [-0.4, -0.2) is 6.71 Å². The van der Waals surface area contributed by atoms with Crippen molar-refractivity contribution in [3.63, 3.8) is 0 Å². The van der Waals surface area contributed by atoms with Crippen molar-refractivity contribution in [2.45, 2.75) is 40.0 Å². The Morgan fingerprint density at radius 2 is 0.982 bits per heavy atom. The molecule has 2 aliphatic heterocycles. The van der Waals surface area contributed by atoms with E-state index in [2.05, 4.69) is 215 Å². The van der Waals surface area contributed by atoms with Gasteiger partial charge in [0, 0.05) is 16.8 Å². The van der Waals surface area contributed by atoms with Crippen molar-refractivity contribution in [2.24, 2.45) is 0 Å². The standard InChI is InChI=1S/C54H44BN/c1-35-30-36(2)51(37(3)31-35)41-28-29-50-48(34-41)55(47-26-17-25-46-53(47)56(50)49-27-16-15-24-45(49)54(46,4)5)52-43(39-20-11-7-12-21-39)32-42(38-18-9-6-10-19-38)33-44(52)40-22-13-8-14-23-40/h6-34H,1-5H3. The van der Waals surface area contributed by atoms with Gasteiger partial charge in [0.1, 0.15) is 0 Å². The zero-order valence-corrected chi connectivity index (χ0v) is 32.8. The number of nitrogens with zero attached hydrogens (tertiary/aromatic N) is 1. The second-order valence-electron chi connectivity index (χ2n) is 16.3. The zero-order valence-electron chi connectivity index (χ0n) is 32.8. The van der Waals surface area contributed by atoms with E-state index >= 15 is 0 Å². The number of hydrogen-bond donors (Lipinski definition) is 0. The second-order valence-corrected chi connectivity index (χ2v) is 16.3. The highest BCUT2D eigenvalue weighted by Crippen LogP contribution is 2.52. The van der Waals surface area contributed by atoms with Crippen LogP contribution in [0.15, 0.2) is 176 Å². The van der Waals surface area contributed by atoms with Gasteiger partial charge in [0.2, 0.25) is 6.71 Å². The summed E-state index contributed by atoms with van der Waals surface area (Å²) in [7, 11) is 0. The normalized spacial score (nSPS) is 13.5. The first-order chi connectivity index (χ1) is 27.3. The molecule has 268 valence electrons. The molecule has 0 radical (unpaired) electrons. The highest BCUT2D eigenvalue weighted by molar-refractivity contribution is 6.99. The molecule has 0 N–H and O–H groups in total. The third-order valence-corrected chi connectivity index (χ3v) is 12.4. The highest BCUT2D eigenvalue weighted by atomic mass is 15.2. The topological polar surface area (TPSA) is 3.24 Å². The van der Waals surface area contributed by atoms with Crippen molar-refractivity contribution >= 4 is 40.2 Å². The Balaban J connectivity index is 1.36. The Morgan fingerprint density at radius 1 is 0.429 bits per heavy atom. The first kappa shape index (κ1) is 34.1. The summed E-state index contributed by atoms with van der Waals surface area (Å²) in [6.45, 7) is 11.5. The lowest BCUT2D eigenvalue weighted by molar-refractivity contribution is 0.632. The van der Waals surface area contributed by atoms with E-state index in [0.717, 1.165) is 0 Å². The van der Waals surface area contributed by atoms with Gasteiger partial charge in [-0.2, -0.15) is 0 Å². The Hall–Kier alpha value is -6.38. The summed E-state index contributed by atoms with van der Waals surface area (Å²) in [5.41, 5.74) is 24.2. The van der Waals surface area contributed by atoms with Gasteiger partial charge in [0.15, 0.2) is 0 Å². The van der Waals surface area contributed by atoms with Gasteiger partial charge in [0.25, 0.3) is 0 Å². The van der Waals surface area contributed by atoms with E-state index in [0.29, 0.717) is 0 Å². The van der Waals surface area contributed by atoms with Crippen LogP contribution >= 0.6 is 0 Å². The number of rotatable bonds is 5. The lowest BCUT2D eigenvalue weighted by Crippen LogP contribution is -2.59. The molecular weight excluding hydrogens is 673 g/mol. The van der Waals surface area contributed by atoms with Crippen LogP contribution in [0.25, 0.3) is 44.5 Å². The Kier molecular flexibility index (Phi) is 8.01. The van der Waals surface area contributed by atoms with Crippen molar-refractivity contribution in [3.05, 3.63) is 204 Å². The van der Waals surface area contributed by atoms with Crippen LogP contribution < -0.4 is 21.3 Å². The van der Waals surface area contributed by atoms with Crippen LogP contribution in [0.5, 0.6) is 0 Å². The molecule has 0 bridgehead atoms. The zero-order chi connectivity index (χ0) is 38.1. The molecule has 0 aliphatic carbocycles. The third kappa shape index (κ3) is 5.31. The molecule has 0 atom stereocenters. The summed E-state index contributed by atoms with van der Waals surface area (Å²) in [4.78, 5) is 2.58. The van der Waals surface area contributed by atoms with E-state index in [9.17, 15) is 0 Å². The summed E-state index contributed by atoms with van der Waals surface area (Å²) in [6, 6.07) is 66.0. The van der Waals surface area contributed by atoms with Crippen molar-refractivity contribution in [2.75, 3.05) is 4.90 Å². The monoisotopic (exact) mass is 717 g/mol.